The van der Waals surface area contributed by atoms with Crippen molar-refractivity contribution in [3.05, 3.63) is 12.2 Å². The van der Waals surface area contributed by atoms with Gasteiger partial charge in [-0.3, -0.25) is 23.4 Å². The number of aliphatic hydroxyl groups excluding tert-OH is 2. The summed E-state index contributed by atoms with van der Waals surface area (Å²) in [5.74, 6) is -2.50. The Labute approximate surface area is 376 Å². The number of nitrogens with two attached hydrogens (primary N) is 1. The number of carbonyl (C=O) groups excluding carboxylic acids is 2. The lowest BCUT2D eigenvalue weighted by Gasteiger charge is -2.20. The number of hydrogen-bond acceptors (Lipinski definition) is 11. The van der Waals surface area contributed by atoms with Gasteiger partial charge in [-0.25, -0.2) is 4.57 Å². The minimum Gasteiger partial charge on any atom is -0.480 e. The molecular weight excluding hydrogens is 813 g/mol. The fraction of sp³-hybridized carbons (Fsp3) is 0.896. The molecule has 14 heteroatoms. The maximum Gasteiger partial charge on any atom is 0.472 e. The molecule has 0 saturated carbocycles. The van der Waals surface area contributed by atoms with Gasteiger partial charge in [0.05, 0.1) is 25.4 Å². The van der Waals surface area contributed by atoms with Crippen molar-refractivity contribution in [3.63, 3.8) is 0 Å². The minimum atomic E-state index is -4.76. The van der Waals surface area contributed by atoms with Crippen LogP contribution in [0.2, 0.25) is 0 Å². The highest BCUT2D eigenvalue weighted by Gasteiger charge is 2.28. The monoisotopic (exact) mass is 906 g/mol. The molecule has 0 aromatic carbocycles. The lowest BCUT2D eigenvalue weighted by molar-refractivity contribution is -0.161. The van der Waals surface area contributed by atoms with E-state index >= 15 is 0 Å². The first-order chi connectivity index (χ1) is 29.9. The largest absolute Gasteiger partial charge is 0.480 e. The Kier molecular flexibility index (Phi) is 41.8. The summed E-state index contributed by atoms with van der Waals surface area (Å²) in [5, 5.41) is 29.4. The van der Waals surface area contributed by atoms with Crippen molar-refractivity contribution >= 4 is 25.7 Å². The van der Waals surface area contributed by atoms with Crippen LogP contribution in [0.15, 0.2) is 12.2 Å². The van der Waals surface area contributed by atoms with Gasteiger partial charge in [-0.05, 0) is 38.5 Å². The highest BCUT2D eigenvalue weighted by atomic mass is 31.2. The van der Waals surface area contributed by atoms with Gasteiger partial charge in [-0.15, -0.1) is 0 Å². The van der Waals surface area contributed by atoms with Gasteiger partial charge >= 0.3 is 25.7 Å². The zero-order chi connectivity index (χ0) is 45.9. The van der Waals surface area contributed by atoms with Gasteiger partial charge in [0.2, 0.25) is 0 Å². The fourth-order valence-electron chi connectivity index (χ4n) is 7.15. The first-order valence-corrected chi connectivity index (χ1v) is 26.4. The van der Waals surface area contributed by atoms with Crippen molar-refractivity contribution in [1.29, 1.82) is 0 Å². The van der Waals surface area contributed by atoms with Crippen LogP contribution >= 0.6 is 7.82 Å². The molecule has 0 aliphatic carbocycles. The minimum absolute atomic E-state index is 0.0660. The second-order valence-corrected chi connectivity index (χ2v) is 18.7. The molecule has 0 fully saturated rings. The molecule has 0 bridgehead atoms. The number of aliphatic hydroxyl groups is 2. The summed E-state index contributed by atoms with van der Waals surface area (Å²) in [6.07, 6.45) is 37.3. The summed E-state index contributed by atoms with van der Waals surface area (Å²) in [7, 11) is -4.76. The number of rotatable bonds is 47. The Balaban J connectivity index is 4.31. The predicted octanol–water partition coefficient (Wildman–Crippen LogP) is 11.6. The van der Waals surface area contributed by atoms with Crippen LogP contribution in [-0.4, -0.2) is 82.3 Å². The number of phosphoric acid groups is 1. The van der Waals surface area contributed by atoms with E-state index in [-0.39, 0.29) is 19.4 Å². The van der Waals surface area contributed by atoms with E-state index in [0.29, 0.717) is 25.7 Å². The molecule has 1 unspecified atom stereocenters. The molecule has 6 N–H and O–H groups in total. The SMILES string of the molecule is CCCCC/C=C\C[C@H](O)[C@@H](O)CCCCCCCC(=O)O[C@H](COC(=O)CCCCCCCCCCCCCCCCCCCCCCC)COP(=O)(O)OC[C@H](N)C(=O)O. The number of carboxylic acids is 1. The number of carbonyl (C=O) groups is 3. The highest BCUT2D eigenvalue weighted by Crippen LogP contribution is 2.43. The highest BCUT2D eigenvalue weighted by molar-refractivity contribution is 7.47. The van der Waals surface area contributed by atoms with Gasteiger partial charge in [-0.2, -0.15) is 0 Å². The van der Waals surface area contributed by atoms with Crippen LogP contribution in [0.1, 0.15) is 232 Å². The number of hydrogen-bond donors (Lipinski definition) is 5. The van der Waals surface area contributed by atoms with Gasteiger partial charge < -0.3 is 35.4 Å². The smallest absolute Gasteiger partial charge is 0.472 e. The second kappa shape index (κ2) is 43.1. The number of unbranched alkanes of at least 4 members (excludes halogenated alkanes) is 27. The Morgan fingerprint density at radius 1 is 0.548 bits per heavy atom. The van der Waals surface area contributed by atoms with Crippen LogP contribution in [0.3, 0.4) is 0 Å². The Morgan fingerprint density at radius 2 is 0.968 bits per heavy atom. The van der Waals surface area contributed by atoms with E-state index in [1.165, 1.54) is 116 Å². The van der Waals surface area contributed by atoms with E-state index in [1.54, 1.807) is 0 Å². The van der Waals surface area contributed by atoms with Crippen molar-refractivity contribution in [3.8, 4) is 0 Å². The quantitative estimate of drug-likeness (QED) is 0.0167. The summed E-state index contributed by atoms with van der Waals surface area (Å²) >= 11 is 0. The molecule has 0 heterocycles. The molecule has 0 amide bonds. The molecule has 0 aliphatic heterocycles. The first-order valence-electron chi connectivity index (χ1n) is 24.9. The number of allylic oxidation sites excluding steroid dienone is 1. The molecule has 366 valence electrons. The third kappa shape index (κ3) is 40.9. The van der Waals surface area contributed by atoms with Crippen LogP contribution < -0.4 is 5.73 Å². The van der Waals surface area contributed by atoms with E-state index in [1.807, 2.05) is 6.08 Å². The normalized spacial score (nSPS) is 14.7. The Bertz CT molecular complexity index is 1140. The standard InChI is InChI=1S/C48H92NO12P/c1-3-5-7-9-11-12-13-14-15-16-17-18-19-20-21-22-23-24-25-29-33-37-46(52)58-39-42(40-59-62(56,57)60-41-43(49)48(54)55)61-47(53)38-34-30-26-28-32-36-45(51)44(50)35-31-27-10-8-6-4-2/h27,31,42-45,50-51H,3-26,28-30,32-41,49H2,1-2H3,(H,54,55)(H,56,57)/b31-27-/t42-,43+,44+,45+/m1/s1. The van der Waals surface area contributed by atoms with Crippen molar-refractivity contribution in [2.75, 3.05) is 19.8 Å². The van der Waals surface area contributed by atoms with Crippen LogP contribution in [0.4, 0.5) is 0 Å². The molecule has 0 aliphatic rings. The lowest BCUT2D eigenvalue weighted by atomic mass is 10.0. The van der Waals surface area contributed by atoms with Gasteiger partial charge in [0.15, 0.2) is 6.10 Å². The van der Waals surface area contributed by atoms with Gasteiger partial charge in [0, 0.05) is 12.8 Å². The number of phosphoric ester groups is 1. The third-order valence-electron chi connectivity index (χ3n) is 11.2. The summed E-state index contributed by atoms with van der Waals surface area (Å²) in [6, 6.07) is -1.54. The summed E-state index contributed by atoms with van der Waals surface area (Å²) in [4.78, 5) is 46.1. The van der Waals surface area contributed by atoms with Gasteiger partial charge in [0.25, 0.3) is 0 Å². The van der Waals surface area contributed by atoms with Crippen LogP contribution in [0.25, 0.3) is 0 Å². The molecular formula is C48H92NO12P. The maximum absolute atomic E-state index is 12.7. The molecule has 0 saturated heterocycles. The topological polar surface area (TPSA) is 212 Å². The lowest BCUT2D eigenvalue weighted by Crippen LogP contribution is -2.34. The van der Waals surface area contributed by atoms with E-state index in [2.05, 4.69) is 24.4 Å². The molecule has 62 heavy (non-hydrogen) atoms. The summed E-state index contributed by atoms with van der Waals surface area (Å²) < 4.78 is 32.7. The molecule has 0 radical (unpaired) electrons. The van der Waals surface area contributed by atoms with E-state index in [4.69, 9.17) is 24.8 Å². The number of aliphatic carboxylic acids is 1. The average Bonchev–Trinajstić information content (AvgIpc) is 3.24. The maximum atomic E-state index is 12.7. The molecule has 0 spiro atoms. The number of esters is 2. The van der Waals surface area contributed by atoms with Crippen molar-refractivity contribution in [1.82, 2.24) is 0 Å². The van der Waals surface area contributed by atoms with Gasteiger partial charge in [-0.1, -0.05) is 193 Å². The van der Waals surface area contributed by atoms with E-state index in [0.717, 1.165) is 64.2 Å². The molecule has 0 rings (SSSR count). The van der Waals surface area contributed by atoms with Crippen LogP contribution in [-0.2, 0) is 37.5 Å². The molecule has 0 aromatic heterocycles. The molecule has 0 aromatic rings. The Hall–Kier alpha value is -1.86. The number of carboxylic acid groups (broad SMARTS) is 1. The van der Waals surface area contributed by atoms with Crippen molar-refractivity contribution in [2.45, 2.75) is 257 Å². The van der Waals surface area contributed by atoms with E-state index < -0.39 is 63.3 Å². The van der Waals surface area contributed by atoms with Crippen LogP contribution in [0.5, 0.6) is 0 Å². The third-order valence-corrected chi connectivity index (χ3v) is 12.2. The average molecular weight is 906 g/mol. The predicted molar refractivity (Wildman–Crippen MR) is 248 cm³/mol. The second-order valence-electron chi connectivity index (χ2n) is 17.3. The summed E-state index contributed by atoms with van der Waals surface area (Å²) in [5.41, 5.74) is 5.34. The van der Waals surface area contributed by atoms with Gasteiger partial charge in [0.1, 0.15) is 12.6 Å². The van der Waals surface area contributed by atoms with Crippen molar-refractivity contribution < 1.29 is 57.7 Å². The zero-order valence-corrected chi connectivity index (χ0v) is 40.1. The Morgan fingerprint density at radius 3 is 1.45 bits per heavy atom. The van der Waals surface area contributed by atoms with Crippen LogP contribution in [0, 0.1) is 0 Å². The number of ether oxygens (including phenoxy) is 2. The van der Waals surface area contributed by atoms with Crippen molar-refractivity contribution in [2.24, 2.45) is 5.73 Å². The fourth-order valence-corrected chi connectivity index (χ4v) is 7.93. The molecule has 5 atom stereocenters. The first kappa shape index (κ1) is 60.1. The molecule has 13 nitrogen and oxygen atoms in total. The van der Waals surface area contributed by atoms with E-state index in [9.17, 15) is 34.1 Å². The summed E-state index contributed by atoms with van der Waals surface area (Å²) in [6.45, 7) is 2.63. The zero-order valence-electron chi connectivity index (χ0n) is 39.2.